The molecule has 2 nitrogen and oxygen atoms in total. The van der Waals surface area contributed by atoms with Crippen LogP contribution < -0.4 is 0 Å². The SMILES string of the molecule is OCCC(F)(F)c1ccccc1O. The molecule has 1 aromatic carbocycles. The fourth-order valence-corrected chi connectivity index (χ4v) is 1.06. The van der Waals surface area contributed by atoms with Crippen molar-refractivity contribution in [3.63, 3.8) is 0 Å². The van der Waals surface area contributed by atoms with Gasteiger partial charge in [-0.05, 0) is 12.1 Å². The molecule has 0 aliphatic carbocycles. The van der Waals surface area contributed by atoms with Gasteiger partial charge in [0.05, 0.1) is 5.56 Å². The normalized spacial score (nSPS) is 11.6. The number of hydrogen-bond donors (Lipinski definition) is 2. The lowest BCUT2D eigenvalue weighted by Crippen LogP contribution is -2.15. The van der Waals surface area contributed by atoms with Crippen molar-refractivity contribution in [3.8, 4) is 5.75 Å². The molecule has 0 unspecified atom stereocenters. The Morgan fingerprint density at radius 2 is 1.85 bits per heavy atom. The maximum atomic E-state index is 13.1. The average molecular weight is 188 g/mol. The van der Waals surface area contributed by atoms with Crippen LogP contribution in [0, 0.1) is 0 Å². The molecule has 0 saturated carbocycles. The summed E-state index contributed by atoms with van der Waals surface area (Å²) < 4.78 is 26.2. The van der Waals surface area contributed by atoms with Crippen molar-refractivity contribution in [1.82, 2.24) is 0 Å². The number of phenols is 1. The van der Waals surface area contributed by atoms with E-state index in [1.165, 1.54) is 18.2 Å². The van der Waals surface area contributed by atoms with Crippen LogP contribution in [0.5, 0.6) is 5.75 Å². The molecule has 0 bridgehead atoms. The quantitative estimate of drug-likeness (QED) is 0.760. The first-order valence-electron chi connectivity index (χ1n) is 3.85. The third-order valence-corrected chi connectivity index (χ3v) is 1.72. The van der Waals surface area contributed by atoms with Crippen LogP contribution in [0.3, 0.4) is 0 Å². The third-order valence-electron chi connectivity index (χ3n) is 1.72. The highest BCUT2D eigenvalue weighted by Crippen LogP contribution is 2.36. The van der Waals surface area contributed by atoms with Crippen molar-refractivity contribution in [2.75, 3.05) is 6.61 Å². The predicted octanol–water partition coefficient (Wildman–Crippen LogP) is 1.87. The van der Waals surface area contributed by atoms with E-state index in [0.29, 0.717) is 0 Å². The minimum absolute atomic E-state index is 0.441. The summed E-state index contributed by atoms with van der Waals surface area (Å²) in [6.45, 7) is -0.610. The van der Waals surface area contributed by atoms with Gasteiger partial charge in [0.1, 0.15) is 5.75 Å². The Morgan fingerprint density at radius 3 is 2.38 bits per heavy atom. The van der Waals surface area contributed by atoms with Gasteiger partial charge in [0, 0.05) is 13.0 Å². The number of aliphatic hydroxyl groups excluding tert-OH is 1. The summed E-state index contributed by atoms with van der Waals surface area (Å²) in [5.74, 6) is -3.61. The molecule has 0 aromatic heterocycles. The average Bonchev–Trinajstić information content (AvgIpc) is 2.04. The van der Waals surface area contributed by atoms with E-state index >= 15 is 0 Å². The van der Waals surface area contributed by atoms with E-state index in [1.807, 2.05) is 0 Å². The van der Waals surface area contributed by atoms with E-state index in [1.54, 1.807) is 0 Å². The van der Waals surface area contributed by atoms with Crippen molar-refractivity contribution < 1.29 is 19.0 Å². The maximum Gasteiger partial charge on any atom is 0.278 e. The molecule has 2 N–H and O–H groups in total. The number of alkyl halides is 2. The number of hydrogen-bond acceptors (Lipinski definition) is 2. The van der Waals surface area contributed by atoms with Gasteiger partial charge in [0.2, 0.25) is 0 Å². The summed E-state index contributed by atoms with van der Waals surface area (Å²) in [6, 6.07) is 5.22. The molecule has 0 fully saturated rings. The Morgan fingerprint density at radius 1 is 1.23 bits per heavy atom. The molecule has 0 amide bonds. The molecule has 0 heterocycles. The van der Waals surface area contributed by atoms with Gasteiger partial charge in [-0.1, -0.05) is 12.1 Å². The van der Waals surface area contributed by atoms with Gasteiger partial charge < -0.3 is 10.2 Å². The van der Waals surface area contributed by atoms with Crippen molar-refractivity contribution in [2.45, 2.75) is 12.3 Å². The summed E-state index contributed by atoms with van der Waals surface area (Å²) in [5.41, 5.74) is -0.441. The lowest BCUT2D eigenvalue weighted by molar-refractivity contribution is -0.0287. The first-order valence-corrected chi connectivity index (χ1v) is 3.85. The van der Waals surface area contributed by atoms with Gasteiger partial charge in [-0.2, -0.15) is 0 Å². The summed E-state index contributed by atoms with van der Waals surface area (Å²) in [6.07, 6.45) is -0.676. The van der Waals surface area contributed by atoms with E-state index in [0.717, 1.165) is 6.07 Å². The Kier molecular flexibility index (Phi) is 2.83. The topological polar surface area (TPSA) is 40.5 Å². The second-order valence-electron chi connectivity index (χ2n) is 2.70. The van der Waals surface area contributed by atoms with Crippen LogP contribution in [0.1, 0.15) is 12.0 Å². The van der Waals surface area contributed by atoms with Crippen molar-refractivity contribution in [3.05, 3.63) is 29.8 Å². The minimum Gasteiger partial charge on any atom is -0.507 e. The number of halogens is 2. The Labute approximate surface area is 74.4 Å². The molecule has 13 heavy (non-hydrogen) atoms. The molecule has 0 spiro atoms. The zero-order valence-electron chi connectivity index (χ0n) is 6.87. The summed E-state index contributed by atoms with van der Waals surface area (Å²) in [5, 5.41) is 17.5. The largest absolute Gasteiger partial charge is 0.507 e. The number of aromatic hydroxyl groups is 1. The molecule has 0 aliphatic rings. The zero-order valence-corrected chi connectivity index (χ0v) is 6.87. The molecule has 0 saturated heterocycles. The third kappa shape index (κ3) is 2.15. The lowest BCUT2D eigenvalue weighted by Gasteiger charge is -2.16. The van der Waals surface area contributed by atoms with E-state index in [4.69, 9.17) is 10.2 Å². The minimum atomic E-state index is -3.17. The second kappa shape index (κ2) is 3.70. The Hall–Kier alpha value is -1.16. The predicted molar refractivity (Wildman–Crippen MR) is 43.7 cm³/mol. The number of para-hydroxylation sites is 1. The van der Waals surface area contributed by atoms with Crippen LogP contribution in [0.15, 0.2) is 24.3 Å². The van der Waals surface area contributed by atoms with Crippen molar-refractivity contribution in [1.29, 1.82) is 0 Å². The van der Waals surface area contributed by atoms with E-state index in [9.17, 15) is 8.78 Å². The van der Waals surface area contributed by atoms with Gasteiger partial charge in [0.25, 0.3) is 5.92 Å². The van der Waals surface area contributed by atoms with Gasteiger partial charge in [0.15, 0.2) is 0 Å². The van der Waals surface area contributed by atoms with Gasteiger partial charge >= 0.3 is 0 Å². The summed E-state index contributed by atoms with van der Waals surface area (Å²) in [4.78, 5) is 0. The Balaban J connectivity index is 2.99. The summed E-state index contributed by atoms with van der Waals surface area (Å²) in [7, 11) is 0. The molecule has 4 heteroatoms. The van der Waals surface area contributed by atoms with Gasteiger partial charge in [-0.3, -0.25) is 0 Å². The lowest BCUT2D eigenvalue weighted by atomic mass is 10.1. The van der Waals surface area contributed by atoms with Crippen LogP contribution in [0.25, 0.3) is 0 Å². The van der Waals surface area contributed by atoms with Crippen molar-refractivity contribution in [2.24, 2.45) is 0 Å². The van der Waals surface area contributed by atoms with E-state index in [2.05, 4.69) is 0 Å². The highest BCUT2D eigenvalue weighted by molar-refractivity contribution is 5.35. The fraction of sp³-hybridized carbons (Fsp3) is 0.333. The highest BCUT2D eigenvalue weighted by atomic mass is 19.3. The number of aliphatic hydroxyl groups is 1. The first-order chi connectivity index (χ1) is 6.08. The molecule has 0 aliphatic heterocycles. The van der Waals surface area contributed by atoms with Crippen LogP contribution >= 0.6 is 0 Å². The van der Waals surface area contributed by atoms with Crippen LogP contribution in [0.4, 0.5) is 8.78 Å². The number of rotatable bonds is 3. The number of benzene rings is 1. The molecular weight excluding hydrogens is 178 g/mol. The monoisotopic (exact) mass is 188 g/mol. The zero-order chi connectivity index (χ0) is 9.90. The fourth-order valence-electron chi connectivity index (χ4n) is 1.06. The van der Waals surface area contributed by atoms with Crippen LogP contribution in [-0.4, -0.2) is 16.8 Å². The molecule has 1 aromatic rings. The van der Waals surface area contributed by atoms with E-state index < -0.39 is 30.3 Å². The van der Waals surface area contributed by atoms with Crippen molar-refractivity contribution >= 4 is 0 Å². The standard InChI is InChI=1S/C9H10F2O2/c10-9(11,5-6-12)7-3-1-2-4-8(7)13/h1-4,12-13H,5-6H2. The first kappa shape index (κ1) is 9.92. The van der Waals surface area contributed by atoms with Gasteiger partial charge in [-0.25, -0.2) is 8.78 Å². The van der Waals surface area contributed by atoms with Gasteiger partial charge in [-0.15, -0.1) is 0 Å². The molecule has 72 valence electrons. The Bertz CT molecular complexity index is 287. The smallest absolute Gasteiger partial charge is 0.278 e. The maximum absolute atomic E-state index is 13.1. The van der Waals surface area contributed by atoms with Crippen LogP contribution in [-0.2, 0) is 5.92 Å². The van der Waals surface area contributed by atoms with Crippen LogP contribution in [0.2, 0.25) is 0 Å². The highest BCUT2D eigenvalue weighted by Gasteiger charge is 2.33. The number of phenolic OH excluding ortho intramolecular Hbond substituents is 1. The molecular formula is C9H10F2O2. The summed E-state index contributed by atoms with van der Waals surface area (Å²) >= 11 is 0. The molecule has 1 rings (SSSR count). The van der Waals surface area contributed by atoms with E-state index in [-0.39, 0.29) is 0 Å². The molecule has 0 atom stereocenters. The molecule has 0 radical (unpaired) electrons. The second-order valence-corrected chi connectivity index (χ2v) is 2.70.